The maximum Gasteiger partial charge on any atom is 0.269 e. The van der Waals surface area contributed by atoms with E-state index in [9.17, 15) is 10.1 Å². The fourth-order valence-electron chi connectivity index (χ4n) is 1.81. The molecule has 0 aromatic heterocycles. The second-order valence-electron chi connectivity index (χ2n) is 5.02. The van der Waals surface area contributed by atoms with Crippen molar-refractivity contribution in [1.82, 2.24) is 10.6 Å². The lowest BCUT2D eigenvalue weighted by Crippen LogP contribution is -2.44. The van der Waals surface area contributed by atoms with Gasteiger partial charge >= 0.3 is 0 Å². The third-order valence-electron chi connectivity index (χ3n) is 2.91. The molecule has 2 N–H and O–H groups in total. The van der Waals surface area contributed by atoms with Crippen LogP contribution in [0.5, 0.6) is 0 Å². The molecule has 130 valence electrons. The SMILES string of the molecule is CCCNC(=NCc1ccc([N+](=O)[O-])cc1)NC(C)COC.I. The van der Waals surface area contributed by atoms with Gasteiger partial charge in [-0.15, -0.1) is 24.0 Å². The fourth-order valence-corrected chi connectivity index (χ4v) is 1.81. The highest BCUT2D eigenvalue weighted by atomic mass is 127. The normalized spacial score (nSPS) is 12.2. The van der Waals surface area contributed by atoms with Gasteiger partial charge in [-0.3, -0.25) is 10.1 Å². The average Bonchev–Trinajstić information content (AvgIpc) is 2.50. The summed E-state index contributed by atoms with van der Waals surface area (Å²) in [4.78, 5) is 14.7. The topological polar surface area (TPSA) is 88.8 Å². The monoisotopic (exact) mass is 436 g/mol. The number of hydrogen-bond acceptors (Lipinski definition) is 4. The number of nitro benzene ring substituents is 1. The number of hydrogen-bond donors (Lipinski definition) is 2. The summed E-state index contributed by atoms with van der Waals surface area (Å²) in [6, 6.07) is 6.57. The molecule has 0 saturated heterocycles. The summed E-state index contributed by atoms with van der Waals surface area (Å²) < 4.78 is 5.10. The first kappa shape index (κ1) is 21.6. The van der Waals surface area contributed by atoms with Gasteiger partial charge in [-0.2, -0.15) is 0 Å². The number of nitrogens with one attached hydrogen (secondary N) is 2. The minimum Gasteiger partial charge on any atom is -0.383 e. The summed E-state index contributed by atoms with van der Waals surface area (Å²) >= 11 is 0. The minimum absolute atomic E-state index is 0. The van der Waals surface area contributed by atoms with E-state index in [1.807, 2.05) is 6.92 Å². The van der Waals surface area contributed by atoms with Crippen LogP contribution in [0.1, 0.15) is 25.8 Å². The van der Waals surface area contributed by atoms with E-state index in [4.69, 9.17) is 4.74 Å². The van der Waals surface area contributed by atoms with Crippen molar-refractivity contribution < 1.29 is 9.66 Å². The Morgan fingerprint density at radius 1 is 1.39 bits per heavy atom. The van der Waals surface area contributed by atoms with E-state index in [0.29, 0.717) is 19.1 Å². The van der Waals surface area contributed by atoms with Crippen molar-refractivity contribution in [3.05, 3.63) is 39.9 Å². The molecule has 7 nitrogen and oxygen atoms in total. The molecule has 1 unspecified atom stereocenters. The van der Waals surface area contributed by atoms with Crippen LogP contribution in [-0.4, -0.2) is 37.2 Å². The zero-order valence-corrected chi connectivity index (χ0v) is 16.1. The van der Waals surface area contributed by atoms with E-state index in [2.05, 4.69) is 22.5 Å². The summed E-state index contributed by atoms with van der Waals surface area (Å²) in [5.41, 5.74) is 1.01. The first-order chi connectivity index (χ1) is 10.6. The van der Waals surface area contributed by atoms with Crippen molar-refractivity contribution in [1.29, 1.82) is 0 Å². The predicted octanol–water partition coefficient (Wildman–Crippen LogP) is 2.69. The standard InChI is InChI=1S/C15H24N4O3.HI/c1-4-9-16-15(18-12(2)11-22-3)17-10-13-5-7-14(8-6-13)19(20)21;/h5-8,12H,4,9-11H2,1-3H3,(H2,16,17,18);1H. The smallest absolute Gasteiger partial charge is 0.269 e. The third-order valence-corrected chi connectivity index (χ3v) is 2.91. The zero-order valence-electron chi connectivity index (χ0n) is 13.7. The predicted molar refractivity (Wildman–Crippen MR) is 102 cm³/mol. The lowest BCUT2D eigenvalue weighted by Gasteiger charge is -2.17. The highest BCUT2D eigenvalue weighted by molar-refractivity contribution is 14.0. The van der Waals surface area contributed by atoms with Crippen LogP contribution >= 0.6 is 24.0 Å². The first-order valence-corrected chi connectivity index (χ1v) is 7.34. The molecule has 0 fully saturated rings. The van der Waals surface area contributed by atoms with Crippen LogP contribution < -0.4 is 10.6 Å². The maximum absolute atomic E-state index is 10.6. The molecule has 0 saturated carbocycles. The number of methoxy groups -OCH3 is 1. The zero-order chi connectivity index (χ0) is 16.4. The number of non-ortho nitro benzene ring substituents is 1. The van der Waals surface area contributed by atoms with Crippen molar-refractivity contribution in [3.63, 3.8) is 0 Å². The van der Waals surface area contributed by atoms with Gasteiger partial charge < -0.3 is 15.4 Å². The Hall–Kier alpha value is -1.42. The molecule has 0 spiro atoms. The van der Waals surface area contributed by atoms with Gasteiger partial charge in [-0.05, 0) is 18.9 Å². The van der Waals surface area contributed by atoms with E-state index in [0.717, 1.165) is 18.5 Å². The van der Waals surface area contributed by atoms with Gasteiger partial charge in [0.15, 0.2) is 5.96 Å². The number of nitrogens with zero attached hydrogens (tertiary/aromatic N) is 2. The quantitative estimate of drug-likeness (QED) is 0.215. The second-order valence-corrected chi connectivity index (χ2v) is 5.02. The lowest BCUT2D eigenvalue weighted by molar-refractivity contribution is -0.384. The largest absolute Gasteiger partial charge is 0.383 e. The molecule has 0 amide bonds. The Bertz CT molecular complexity index is 494. The number of benzene rings is 1. The van der Waals surface area contributed by atoms with Crippen LogP contribution in [0.2, 0.25) is 0 Å². The number of guanidine groups is 1. The number of rotatable bonds is 8. The van der Waals surface area contributed by atoms with Crippen LogP contribution in [0, 0.1) is 10.1 Å². The molecule has 1 aromatic carbocycles. The summed E-state index contributed by atoms with van der Waals surface area (Å²) in [5, 5.41) is 17.1. The molecule has 0 aliphatic carbocycles. The minimum atomic E-state index is -0.407. The van der Waals surface area contributed by atoms with Crippen molar-refractivity contribution in [2.75, 3.05) is 20.3 Å². The van der Waals surface area contributed by atoms with Gasteiger partial charge in [-0.1, -0.05) is 19.1 Å². The highest BCUT2D eigenvalue weighted by Crippen LogP contribution is 2.12. The van der Waals surface area contributed by atoms with Crippen molar-refractivity contribution in [2.24, 2.45) is 4.99 Å². The Balaban J connectivity index is 0.00000484. The molecule has 1 rings (SSSR count). The van der Waals surface area contributed by atoms with Gasteiger partial charge in [0, 0.05) is 31.8 Å². The first-order valence-electron chi connectivity index (χ1n) is 7.34. The maximum atomic E-state index is 10.6. The lowest BCUT2D eigenvalue weighted by atomic mass is 10.2. The Morgan fingerprint density at radius 3 is 2.57 bits per heavy atom. The van der Waals surface area contributed by atoms with Gasteiger partial charge in [0.2, 0.25) is 0 Å². The molecule has 8 heteroatoms. The molecule has 23 heavy (non-hydrogen) atoms. The molecule has 0 aliphatic heterocycles. The molecule has 1 aromatic rings. The van der Waals surface area contributed by atoms with Gasteiger partial charge in [0.25, 0.3) is 5.69 Å². The van der Waals surface area contributed by atoms with Crippen LogP contribution in [0.25, 0.3) is 0 Å². The summed E-state index contributed by atoms with van der Waals surface area (Å²) in [5.74, 6) is 0.713. The van der Waals surface area contributed by atoms with Gasteiger partial charge in [-0.25, -0.2) is 4.99 Å². The summed E-state index contributed by atoms with van der Waals surface area (Å²) in [6.45, 7) is 5.96. The van der Waals surface area contributed by atoms with E-state index in [1.54, 1.807) is 19.2 Å². The van der Waals surface area contributed by atoms with E-state index in [1.165, 1.54) is 12.1 Å². The third kappa shape index (κ3) is 8.70. The molecule has 0 aliphatic rings. The molecule has 1 atom stereocenters. The van der Waals surface area contributed by atoms with E-state index in [-0.39, 0.29) is 35.7 Å². The molecular formula is C15H25IN4O3. The van der Waals surface area contributed by atoms with E-state index >= 15 is 0 Å². The van der Waals surface area contributed by atoms with Crippen molar-refractivity contribution >= 4 is 35.6 Å². The van der Waals surface area contributed by atoms with Crippen LogP contribution in [0.15, 0.2) is 29.3 Å². The number of ether oxygens (including phenoxy) is 1. The molecular weight excluding hydrogens is 411 g/mol. The Labute approximate surface area is 154 Å². The second kappa shape index (κ2) is 12.1. The molecule has 0 radical (unpaired) electrons. The Kier molecular flexibility index (Phi) is 11.3. The summed E-state index contributed by atoms with van der Waals surface area (Å²) in [6.07, 6.45) is 0.997. The van der Waals surface area contributed by atoms with Crippen molar-refractivity contribution in [3.8, 4) is 0 Å². The molecule has 0 bridgehead atoms. The highest BCUT2D eigenvalue weighted by Gasteiger charge is 2.06. The van der Waals surface area contributed by atoms with Crippen LogP contribution in [-0.2, 0) is 11.3 Å². The Morgan fingerprint density at radius 2 is 2.04 bits per heavy atom. The number of nitro groups is 1. The van der Waals surface area contributed by atoms with Crippen LogP contribution in [0.4, 0.5) is 5.69 Å². The number of aliphatic imine (C=N–C) groups is 1. The fraction of sp³-hybridized carbons (Fsp3) is 0.533. The van der Waals surface area contributed by atoms with Gasteiger partial charge in [0.05, 0.1) is 18.1 Å². The summed E-state index contributed by atoms with van der Waals surface area (Å²) in [7, 11) is 1.66. The van der Waals surface area contributed by atoms with Crippen LogP contribution in [0.3, 0.4) is 0 Å². The van der Waals surface area contributed by atoms with Gasteiger partial charge in [0.1, 0.15) is 0 Å². The average molecular weight is 436 g/mol. The van der Waals surface area contributed by atoms with Crippen molar-refractivity contribution in [2.45, 2.75) is 32.9 Å². The molecule has 0 heterocycles. The van der Waals surface area contributed by atoms with E-state index < -0.39 is 4.92 Å². The number of halogens is 1.